The number of anilines is 1. The molecule has 1 fully saturated rings. The van der Waals surface area contributed by atoms with Crippen LogP contribution in [0.15, 0.2) is 65.7 Å². The van der Waals surface area contributed by atoms with Crippen LogP contribution in [0, 0.1) is 17.7 Å². The van der Waals surface area contributed by atoms with Crippen LogP contribution in [0.2, 0.25) is 0 Å². The third-order valence-corrected chi connectivity index (χ3v) is 9.37. The summed E-state index contributed by atoms with van der Waals surface area (Å²) in [5, 5.41) is 13.5. The summed E-state index contributed by atoms with van der Waals surface area (Å²) in [6.45, 7) is 0.798. The molecule has 2 aromatic heterocycles. The van der Waals surface area contributed by atoms with E-state index in [0.29, 0.717) is 36.1 Å². The summed E-state index contributed by atoms with van der Waals surface area (Å²) in [4.78, 5) is 23.0. The van der Waals surface area contributed by atoms with E-state index >= 15 is 4.39 Å². The molecule has 0 saturated carbocycles. The van der Waals surface area contributed by atoms with E-state index in [9.17, 15) is 35.9 Å². The fraction of sp³-hybridized carbons (Fsp3) is 0.344. The Morgan fingerprint density at radius 1 is 1.06 bits per heavy atom. The molecule has 47 heavy (non-hydrogen) atoms. The molecule has 5 rings (SSSR count). The Hall–Kier alpha value is -4.21. The number of aromatic nitrogens is 2. The van der Waals surface area contributed by atoms with Gasteiger partial charge in [-0.3, -0.25) is 9.78 Å². The lowest BCUT2D eigenvalue weighted by molar-refractivity contribution is -0.137. The topological polar surface area (TPSA) is 122 Å². The number of benzene rings is 2. The van der Waals surface area contributed by atoms with Crippen molar-refractivity contribution >= 4 is 32.3 Å². The number of carbonyl (C=O) groups is 1. The van der Waals surface area contributed by atoms with E-state index in [4.69, 9.17) is 4.98 Å². The number of fused-ring (bicyclic) bond motifs is 1. The van der Waals surface area contributed by atoms with Gasteiger partial charge in [-0.05, 0) is 59.9 Å². The minimum atomic E-state index is -5.16. The monoisotopic (exact) mass is 678 g/mol. The first kappa shape index (κ1) is 34.1. The SMILES string of the molecule is C[C@@H]1CN(c2cccc(-c3ccc4cnc(CNC(=O)c5cc(COC(F)F)cc(S(=O)(=O)C(F)F)c5)cc4c3F)n2)C[C@H](C)C1O. The molecule has 4 aromatic rings. The van der Waals surface area contributed by atoms with Crippen LogP contribution in [0.25, 0.3) is 22.0 Å². The van der Waals surface area contributed by atoms with Crippen molar-refractivity contribution in [3.8, 4) is 11.3 Å². The van der Waals surface area contributed by atoms with Gasteiger partial charge in [-0.1, -0.05) is 26.0 Å². The van der Waals surface area contributed by atoms with Gasteiger partial charge in [0.2, 0.25) is 9.84 Å². The van der Waals surface area contributed by atoms with Crippen molar-refractivity contribution in [1.29, 1.82) is 0 Å². The van der Waals surface area contributed by atoms with Crippen LogP contribution < -0.4 is 10.2 Å². The Balaban J connectivity index is 1.38. The maximum atomic E-state index is 16.0. The molecule has 3 heterocycles. The van der Waals surface area contributed by atoms with Crippen LogP contribution in [-0.4, -0.2) is 61.0 Å². The number of amides is 1. The second-order valence-electron chi connectivity index (χ2n) is 11.5. The zero-order valence-electron chi connectivity index (χ0n) is 25.2. The number of nitrogens with one attached hydrogen (secondary N) is 1. The molecular weight excluding hydrogens is 647 g/mol. The summed E-state index contributed by atoms with van der Waals surface area (Å²) in [6.07, 6.45) is 0.988. The molecule has 250 valence electrons. The van der Waals surface area contributed by atoms with E-state index in [1.54, 1.807) is 24.3 Å². The largest absolute Gasteiger partial charge is 0.392 e. The van der Waals surface area contributed by atoms with Gasteiger partial charge >= 0.3 is 12.4 Å². The Morgan fingerprint density at radius 3 is 2.47 bits per heavy atom. The Kier molecular flexibility index (Phi) is 10.1. The van der Waals surface area contributed by atoms with Crippen LogP contribution in [0.3, 0.4) is 0 Å². The highest BCUT2D eigenvalue weighted by atomic mass is 32.2. The number of alkyl halides is 4. The van der Waals surface area contributed by atoms with Crippen LogP contribution in [0.4, 0.5) is 27.8 Å². The van der Waals surface area contributed by atoms with E-state index in [2.05, 4.69) is 19.9 Å². The van der Waals surface area contributed by atoms with Gasteiger partial charge in [0, 0.05) is 41.2 Å². The third kappa shape index (κ3) is 7.52. The number of pyridine rings is 2. The van der Waals surface area contributed by atoms with Crippen LogP contribution in [0.1, 0.15) is 35.5 Å². The van der Waals surface area contributed by atoms with Crippen molar-refractivity contribution in [3.63, 3.8) is 0 Å². The summed E-state index contributed by atoms with van der Waals surface area (Å²) in [5.41, 5.74) is 0.206. The van der Waals surface area contributed by atoms with Gasteiger partial charge in [0.25, 0.3) is 5.91 Å². The molecule has 0 spiro atoms. The van der Waals surface area contributed by atoms with Gasteiger partial charge < -0.3 is 20.1 Å². The summed E-state index contributed by atoms with van der Waals surface area (Å²) in [7, 11) is -5.16. The third-order valence-electron chi connectivity index (χ3n) is 8.01. The molecule has 1 aliphatic heterocycles. The van der Waals surface area contributed by atoms with Crippen molar-refractivity contribution in [2.45, 2.75) is 50.4 Å². The van der Waals surface area contributed by atoms with Crippen molar-refractivity contribution in [3.05, 3.63) is 83.4 Å². The zero-order valence-corrected chi connectivity index (χ0v) is 26.0. The Labute approximate surface area is 267 Å². The predicted molar refractivity (Wildman–Crippen MR) is 163 cm³/mol. The zero-order chi connectivity index (χ0) is 34.0. The van der Waals surface area contributed by atoms with Crippen molar-refractivity contribution in [2.75, 3.05) is 18.0 Å². The number of rotatable bonds is 10. The summed E-state index contributed by atoms with van der Waals surface area (Å²) in [6, 6.07) is 12.5. The standard InChI is InChI=1S/C32H31F5N4O5S/c1-17-14-41(15-18(2)29(17)42)27-5-3-4-26(40-27)24-7-6-20-12-38-22(11-25(20)28(24)33)13-39-30(43)21-8-19(16-46-31(34)35)9-23(10-21)47(44,45)32(36)37/h3-12,17-18,29,31-32,42H,13-16H2,1-2H3,(H,39,43)/t17-,18+,29?. The highest BCUT2D eigenvalue weighted by Crippen LogP contribution is 2.31. The predicted octanol–water partition coefficient (Wildman–Crippen LogP) is 5.55. The van der Waals surface area contributed by atoms with Crippen LogP contribution in [0.5, 0.6) is 0 Å². The molecule has 0 radical (unpaired) electrons. The normalized spacial score (nSPS) is 18.7. The smallest absolute Gasteiger partial charge is 0.345 e. The van der Waals surface area contributed by atoms with Crippen molar-refractivity contribution in [1.82, 2.24) is 15.3 Å². The summed E-state index contributed by atoms with van der Waals surface area (Å²) < 4.78 is 95.8. The first-order valence-electron chi connectivity index (χ1n) is 14.6. The van der Waals surface area contributed by atoms with Crippen LogP contribution in [-0.2, 0) is 27.7 Å². The Bertz CT molecular complexity index is 1880. The number of piperidine rings is 1. The number of aliphatic hydroxyl groups excluding tert-OH is 1. The number of hydrogen-bond donors (Lipinski definition) is 2. The van der Waals surface area contributed by atoms with Gasteiger partial charge in [-0.2, -0.15) is 17.6 Å². The molecule has 3 atom stereocenters. The average molecular weight is 679 g/mol. The summed E-state index contributed by atoms with van der Waals surface area (Å²) >= 11 is 0. The lowest BCUT2D eigenvalue weighted by Gasteiger charge is -2.39. The van der Waals surface area contributed by atoms with E-state index in [1.165, 1.54) is 12.3 Å². The maximum absolute atomic E-state index is 16.0. The number of carbonyl (C=O) groups excluding carboxylic acids is 1. The molecule has 2 N–H and O–H groups in total. The number of ether oxygens (including phenoxy) is 1. The van der Waals surface area contributed by atoms with E-state index in [1.807, 2.05) is 19.9 Å². The van der Waals surface area contributed by atoms with E-state index in [0.717, 1.165) is 12.1 Å². The molecule has 0 bridgehead atoms. The molecule has 15 heteroatoms. The second kappa shape index (κ2) is 13.9. The maximum Gasteiger partial charge on any atom is 0.345 e. The molecule has 1 amide bonds. The fourth-order valence-electron chi connectivity index (χ4n) is 5.58. The minimum absolute atomic E-state index is 0.0317. The minimum Gasteiger partial charge on any atom is -0.392 e. The van der Waals surface area contributed by atoms with Crippen LogP contribution >= 0.6 is 0 Å². The molecular formula is C32H31F5N4O5S. The first-order valence-corrected chi connectivity index (χ1v) is 16.1. The summed E-state index contributed by atoms with van der Waals surface area (Å²) in [5.74, 6) is -4.59. The number of halogens is 5. The van der Waals surface area contributed by atoms with Gasteiger partial charge in [0.05, 0.1) is 35.5 Å². The lowest BCUT2D eigenvalue weighted by atomic mass is 9.88. The fourth-order valence-corrected chi connectivity index (χ4v) is 6.39. The average Bonchev–Trinajstić information content (AvgIpc) is 3.05. The Morgan fingerprint density at radius 2 is 1.79 bits per heavy atom. The number of hydrogen-bond acceptors (Lipinski definition) is 8. The molecule has 0 aliphatic carbocycles. The number of nitrogens with zero attached hydrogens (tertiary/aromatic N) is 3. The quantitative estimate of drug-likeness (QED) is 0.210. The highest BCUT2D eigenvalue weighted by molar-refractivity contribution is 7.91. The molecule has 1 aliphatic rings. The van der Waals surface area contributed by atoms with Gasteiger partial charge in [0.15, 0.2) is 0 Å². The molecule has 1 unspecified atom stereocenters. The lowest BCUT2D eigenvalue weighted by Crippen LogP contribution is -2.47. The molecule has 9 nitrogen and oxygen atoms in total. The number of aliphatic hydroxyl groups is 1. The van der Waals surface area contributed by atoms with E-state index in [-0.39, 0.29) is 40.6 Å². The van der Waals surface area contributed by atoms with Crippen molar-refractivity contribution in [2.24, 2.45) is 11.8 Å². The van der Waals surface area contributed by atoms with Gasteiger partial charge in [0.1, 0.15) is 11.6 Å². The van der Waals surface area contributed by atoms with Gasteiger partial charge in [-0.25, -0.2) is 17.8 Å². The molecule has 1 saturated heterocycles. The second-order valence-corrected chi connectivity index (χ2v) is 13.4. The highest BCUT2D eigenvalue weighted by Gasteiger charge is 2.31. The van der Waals surface area contributed by atoms with Crippen molar-refractivity contribution < 1.29 is 45.0 Å². The van der Waals surface area contributed by atoms with E-state index < -0.39 is 57.1 Å². The first-order chi connectivity index (χ1) is 22.2. The molecule has 2 aromatic carbocycles. The number of sulfone groups is 1. The van der Waals surface area contributed by atoms with Gasteiger partial charge in [-0.15, -0.1) is 0 Å².